The van der Waals surface area contributed by atoms with Gasteiger partial charge in [-0.1, -0.05) is 23.8 Å². The molecule has 5 heteroatoms. The van der Waals surface area contributed by atoms with Crippen molar-refractivity contribution in [3.05, 3.63) is 64.7 Å². The second-order valence-electron chi connectivity index (χ2n) is 6.37. The van der Waals surface area contributed by atoms with Gasteiger partial charge in [0.1, 0.15) is 5.75 Å². The molecule has 0 bridgehead atoms. The highest BCUT2D eigenvalue weighted by Crippen LogP contribution is 2.22. The second-order valence-corrected chi connectivity index (χ2v) is 6.37. The van der Waals surface area contributed by atoms with Crippen molar-refractivity contribution in [3.8, 4) is 5.75 Å². The van der Waals surface area contributed by atoms with E-state index in [2.05, 4.69) is 0 Å². The van der Waals surface area contributed by atoms with Crippen molar-refractivity contribution in [2.24, 2.45) is 0 Å². The lowest BCUT2D eigenvalue weighted by Crippen LogP contribution is -2.43. The van der Waals surface area contributed by atoms with Crippen LogP contribution in [0.15, 0.2) is 42.5 Å². The SMILES string of the molecule is Cc1ccc(OC(C)C(=O)N2CCc3ccc(C(=O)O)cc3C2)cc1. The minimum Gasteiger partial charge on any atom is -0.481 e. The van der Waals surface area contributed by atoms with E-state index in [1.165, 1.54) is 0 Å². The van der Waals surface area contributed by atoms with Gasteiger partial charge in [-0.2, -0.15) is 0 Å². The summed E-state index contributed by atoms with van der Waals surface area (Å²) in [6, 6.07) is 12.7. The Kier molecular flexibility index (Phi) is 4.74. The van der Waals surface area contributed by atoms with E-state index < -0.39 is 12.1 Å². The Hall–Kier alpha value is -2.82. The number of aromatic carboxylic acids is 1. The Morgan fingerprint density at radius 1 is 1.12 bits per heavy atom. The molecule has 2 aromatic rings. The topological polar surface area (TPSA) is 66.8 Å². The van der Waals surface area contributed by atoms with Crippen molar-refractivity contribution in [3.63, 3.8) is 0 Å². The van der Waals surface area contributed by atoms with Crippen molar-refractivity contribution >= 4 is 11.9 Å². The van der Waals surface area contributed by atoms with Crippen LogP contribution >= 0.6 is 0 Å². The summed E-state index contributed by atoms with van der Waals surface area (Å²) in [6.07, 6.45) is 0.130. The predicted molar refractivity (Wildman–Crippen MR) is 93.8 cm³/mol. The molecule has 0 aromatic heterocycles. The van der Waals surface area contributed by atoms with Crippen LogP contribution in [0.5, 0.6) is 5.75 Å². The summed E-state index contributed by atoms with van der Waals surface area (Å²) >= 11 is 0. The molecule has 0 saturated heterocycles. The summed E-state index contributed by atoms with van der Waals surface area (Å²) in [5.74, 6) is -0.383. The minimum atomic E-state index is -0.956. The molecule has 3 rings (SSSR count). The van der Waals surface area contributed by atoms with E-state index in [0.717, 1.165) is 23.1 Å². The molecule has 0 fully saturated rings. The van der Waals surface area contributed by atoms with Gasteiger partial charge in [0.15, 0.2) is 6.10 Å². The number of nitrogens with zero attached hydrogens (tertiary/aromatic N) is 1. The van der Waals surface area contributed by atoms with Crippen LogP contribution in [-0.4, -0.2) is 34.5 Å². The smallest absolute Gasteiger partial charge is 0.335 e. The molecule has 1 aliphatic rings. The summed E-state index contributed by atoms with van der Waals surface area (Å²) in [6.45, 7) is 4.76. The van der Waals surface area contributed by atoms with Gasteiger partial charge in [0.25, 0.3) is 5.91 Å². The number of carbonyl (C=O) groups excluding carboxylic acids is 1. The zero-order chi connectivity index (χ0) is 18.0. The lowest BCUT2D eigenvalue weighted by atomic mass is 9.97. The Morgan fingerprint density at radius 2 is 1.84 bits per heavy atom. The molecule has 0 radical (unpaired) electrons. The second kappa shape index (κ2) is 6.97. The van der Waals surface area contributed by atoms with E-state index in [4.69, 9.17) is 9.84 Å². The molecule has 1 amide bonds. The van der Waals surface area contributed by atoms with Crippen molar-refractivity contribution in [1.82, 2.24) is 4.90 Å². The molecule has 0 saturated carbocycles. The van der Waals surface area contributed by atoms with Crippen molar-refractivity contribution in [1.29, 1.82) is 0 Å². The lowest BCUT2D eigenvalue weighted by molar-refractivity contribution is -0.138. The Labute approximate surface area is 146 Å². The maximum atomic E-state index is 12.7. The zero-order valence-electron chi connectivity index (χ0n) is 14.4. The maximum absolute atomic E-state index is 12.7. The number of carboxylic acid groups (broad SMARTS) is 1. The summed E-state index contributed by atoms with van der Waals surface area (Å²) < 4.78 is 5.75. The van der Waals surface area contributed by atoms with E-state index in [-0.39, 0.29) is 11.5 Å². The number of aryl methyl sites for hydroxylation is 1. The van der Waals surface area contributed by atoms with Crippen LogP contribution in [0.2, 0.25) is 0 Å². The molecular formula is C20H21NO4. The largest absolute Gasteiger partial charge is 0.481 e. The molecule has 1 N–H and O–H groups in total. The molecule has 25 heavy (non-hydrogen) atoms. The van der Waals surface area contributed by atoms with E-state index >= 15 is 0 Å². The number of benzene rings is 2. The highest BCUT2D eigenvalue weighted by atomic mass is 16.5. The third kappa shape index (κ3) is 3.82. The monoisotopic (exact) mass is 339 g/mol. The number of hydrogen-bond donors (Lipinski definition) is 1. The zero-order valence-corrected chi connectivity index (χ0v) is 14.4. The van der Waals surface area contributed by atoms with Gasteiger partial charge >= 0.3 is 5.97 Å². The number of hydrogen-bond acceptors (Lipinski definition) is 3. The van der Waals surface area contributed by atoms with Gasteiger partial charge in [-0.3, -0.25) is 4.79 Å². The van der Waals surface area contributed by atoms with Crippen LogP contribution in [0, 0.1) is 6.92 Å². The van der Waals surface area contributed by atoms with Crippen LogP contribution in [0.3, 0.4) is 0 Å². The van der Waals surface area contributed by atoms with Gasteiger partial charge in [0, 0.05) is 13.1 Å². The van der Waals surface area contributed by atoms with Gasteiger partial charge in [0.2, 0.25) is 0 Å². The van der Waals surface area contributed by atoms with E-state index in [1.54, 1.807) is 24.0 Å². The number of ether oxygens (including phenoxy) is 1. The van der Waals surface area contributed by atoms with Crippen molar-refractivity contribution < 1.29 is 19.4 Å². The summed E-state index contributed by atoms with van der Waals surface area (Å²) in [7, 11) is 0. The molecule has 1 aliphatic heterocycles. The van der Waals surface area contributed by atoms with Gasteiger partial charge in [-0.25, -0.2) is 4.79 Å². The molecule has 0 aliphatic carbocycles. The summed E-state index contributed by atoms with van der Waals surface area (Å²) in [4.78, 5) is 25.5. The van der Waals surface area contributed by atoms with Crippen molar-refractivity contribution in [2.45, 2.75) is 32.9 Å². The van der Waals surface area contributed by atoms with Crippen LogP contribution in [0.25, 0.3) is 0 Å². The van der Waals surface area contributed by atoms with Crippen LogP contribution < -0.4 is 4.74 Å². The van der Waals surface area contributed by atoms with E-state index in [0.29, 0.717) is 18.8 Å². The molecule has 5 nitrogen and oxygen atoms in total. The number of carboxylic acids is 1. The lowest BCUT2D eigenvalue weighted by Gasteiger charge is -2.31. The van der Waals surface area contributed by atoms with E-state index in [9.17, 15) is 9.59 Å². The first-order chi connectivity index (χ1) is 11.9. The van der Waals surface area contributed by atoms with E-state index in [1.807, 2.05) is 37.3 Å². The Bertz CT molecular complexity index is 798. The fraction of sp³-hybridized carbons (Fsp3) is 0.300. The average Bonchev–Trinajstić information content (AvgIpc) is 2.62. The van der Waals surface area contributed by atoms with Crippen LogP contribution in [0.1, 0.15) is 34.0 Å². The number of rotatable bonds is 4. The Morgan fingerprint density at radius 3 is 2.52 bits per heavy atom. The molecule has 1 heterocycles. The van der Waals surface area contributed by atoms with Crippen LogP contribution in [-0.2, 0) is 17.8 Å². The highest BCUT2D eigenvalue weighted by Gasteiger charge is 2.26. The minimum absolute atomic E-state index is 0.0908. The fourth-order valence-corrected chi connectivity index (χ4v) is 3.01. The quantitative estimate of drug-likeness (QED) is 0.930. The average molecular weight is 339 g/mol. The number of carbonyl (C=O) groups is 2. The van der Waals surface area contributed by atoms with Gasteiger partial charge < -0.3 is 14.7 Å². The summed E-state index contributed by atoms with van der Waals surface area (Å²) in [5.41, 5.74) is 3.37. The maximum Gasteiger partial charge on any atom is 0.335 e. The molecule has 130 valence electrons. The third-order valence-corrected chi connectivity index (χ3v) is 4.46. The van der Waals surface area contributed by atoms with Gasteiger partial charge in [-0.15, -0.1) is 0 Å². The van der Waals surface area contributed by atoms with Crippen molar-refractivity contribution in [2.75, 3.05) is 6.54 Å². The third-order valence-electron chi connectivity index (χ3n) is 4.46. The summed E-state index contributed by atoms with van der Waals surface area (Å²) in [5, 5.41) is 9.13. The Balaban J connectivity index is 1.69. The predicted octanol–water partition coefficient (Wildman–Crippen LogP) is 3.05. The van der Waals surface area contributed by atoms with Gasteiger partial charge in [0.05, 0.1) is 5.56 Å². The number of amides is 1. The normalized spacial score (nSPS) is 14.6. The van der Waals surface area contributed by atoms with Crippen LogP contribution in [0.4, 0.5) is 0 Å². The standard InChI is InChI=1S/C20H21NO4/c1-13-3-7-18(8-4-13)25-14(2)19(22)21-10-9-15-5-6-16(20(23)24)11-17(15)12-21/h3-8,11,14H,9-10,12H2,1-2H3,(H,23,24). The molecule has 1 atom stereocenters. The first-order valence-electron chi connectivity index (χ1n) is 8.31. The first kappa shape index (κ1) is 17.0. The van der Waals surface area contributed by atoms with Gasteiger partial charge in [-0.05, 0) is 55.7 Å². The molecule has 0 spiro atoms. The molecule has 2 aromatic carbocycles. The highest BCUT2D eigenvalue weighted by molar-refractivity contribution is 5.88. The first-order valence-corrected chi connectivity index (χ1v) is 8.31. The molecular weight excluding hydrogens is 318 g/mol. The molecule has 1 unspecified atom stereocenters. The fourth-order valence-electron chi connectivity index (χ4n) is 3.01. The number of fused-ring (bicyclic) bond motifs is 1.